The van der Waals surface area contributed by atoms with E-state index in [4.69, 9.17) is 23.2 Å². The minimum atomic E-state index is -0.00660. The quantitative estimate of drug-likeness (QED) is 0.898. The molecule has 0 spiro atoms. The number of piperidine rings is 1. The zero-order chi connectivity index (χ0) is 13.0. The van der Waals surface area contributed by atoms with E-state index in [1.54, 1.807) is 18.2 Å². The monoisotopic (exact) mass is 322 g/mol. The molecule has 0 saturated carbocycles. The summed E-state index contributed by atoms with van der Waals surface area (Å²) in [4.78, 5) is 11.9. The van der Waals surface area contributed by atoms with Crippen LogP contribution in [0.5, 0.6) is 0 Å². The van der Waals surface area contributed by atoms with Crippen LogP contribution < -0.4 is 10.6 Å². The van der Waals surface area contributed by atoms with E-state index in [0.29, 0.717) is 10.0 Å². The second-order valence-electron chi connectivity index (χ2n) is 4.52. The van der Waals surface area contributed by atoms with Gasteiger partial charge in [-0.15, -0.1) is 12.4 Å². The van der Waals surface area contributed by atoms with Crippen molar-refractivity contribution in [3.05, 3.63) is 33.8 Å². The normalized spacial score (nSPS) is 18.5. The fourth-order valence-electron chi connectivity index (χ4n) is 2.11. The first-order valence-corrected chi connectivity index (χ1v) is 6.85. The maximum Gasteiger partial charge on any atom is 0.224 e. The van der Waals surface area contributed by atoms with Crippen LogP contribution in [0.25, 0.3) is 0 Å². The molecule has 1 fully saturated rings. The second-order valence-corrected chi connectivity index (χ2v) is 5.37. The van der Waals surface area contributed by atoms with Crippen molar-refractivity contribution >= 4 is 41.5 Å². The van der Waals surface area contributed by atoms with Crippen LogP contribution in [0.2, 0.25) is 10.0 Å². The zero-order valence-electron chi connectivity index (χ0n) is 10.4. The summed E-state index contributed by atoms with van der Waals surface area (Å²) in [6, 6.07) is 5.40. The van der Waals surface area contributed by atoms with Crippen molar-refractivity contribution in [3.8, 4) is 0 Å². The van der Waals surface area contributed by atoms with Crippen LogP contribution in [0.1, 0.15) is 18.4 Å². The van der Waals surface area contributed by atoms with Crippen molar-refractivity contribution in [2.24, 2.45) is 0 Å². The summed E-state index contributed by atoms with van der Waals surface area (Å²) in [5.74, 6) is -0.00660. The van der Waals surface area contributed by atoms with Crippen molar-refractivity contribution in [1.29, 1.82) is 0 Å². The molecule has 0 aliphatic carbocycles. The van der Waals surface area contributed by atoms with Crippen LogP contribution in [-0.4, -0.2) is 25.0 Å². The van der Waals surface area contributed by atoms with Gasteiger partial charge < -0.3 is 10.6 Å². The van der Waals surface area contributed by atoms with Gasteiger partial charge in [0.05, 0.1) is 6.42 Å². The van der Waals surface area contributed by atoms with E-state index in [0.717, 1.165) is 31.5 Å². The van der Waals surface area contributed by atoms with Crippen LogP contribution in [0.4, 0.5) is 0 Å². The van der Waals surface area contributed by atoms with Crippen molar-refractivity contribution in [2.75, 3.05) is 13.1 Å². The highest BCUT2D eigenvalue weighted by Gasteiger charge is 2.16. The molecule has 19 heavy (non-hydrogen) atoms. The third kappa shape index (κ3) is 5.19. The summed E-state index contributed by atoms with van der Waals surface area (Å²) in [6.07, 6.45) is 2.40. The fourth-order valence-corrected chi connectivity index (χ4v) is 2.48. The number of halogens is 3. The van der Waals surface area contributed by atoms with E-state index < -0.39 is 0 Å². The number of carbonyl (C=O) groups is 1. The topological polar surface area (TPSA) is 41.1 Å². The minimum Gasteiger partial charge on any atom is -0.352 e. The van der Waals surface area contributed by atoms with Crippen molar-refractivity contribution in [2.45, 2.75) is 25.3 Å². The smallest absolute Gasteiger partial charge is 0.224 e. The van der Waals surface area contributed by atoms with Gasteiger partial charge in [-0.2, -0.15) is 0 Å². The molecular formula is C13H17Cl3N2O. The highest BCUT2D eigenvalue weighted by molar-refractivity contribution is 6.33. The average Bonchev–Trinajstić information content (AvgIpc) is 2.35. The van der Waals surface area contributed by atoms with E-state index in [1.165, 1.54) is 0 Å². The molecule has 6 heteroatoms. The van der Waals surface area contributed by atoms with Gasteiger partial charge in [-0.25, -0.2) is 0 Å². The second kappa shape index (κ2) is 7.95. The summed E-state index contributed by atoms with van der Waals surface area (Å²) < 4.78 is 0. The van der Waals surface area contributed by atoms with Crippen molar-refractivity contribution < 1.29 is 4.79 Å². The van der Waals surface area contributed by atoms with E-state index in [1.807, 2.05) is 0 Å². The molecule has 106 valence electrons. The van der Waals surface area contributed by atoms with Gasteiger partial charge in [0.1, 0.15) is 0 Å². The van der Waals surface area contributed by atoms with Crippen LogP contribution in [-0.2, 0) is 11.2 Å². The molecule has 0 radical (unpaired) electrons. The molecule has 0 bridgehead atoms. The molecule has 2 N–H and O–H groups in total. The number of hydrogen-bond donors (Lipinski definition) is 2. The minimum absolute atomic E-state index is 0. The summed E-state index contributed by atoms with van der Waals surface area (Å²) >= 11 is 11.9. The van der Waals surface area contributed by atoms with Gasteiger partial charge in [0, 0.05) is 22.6 Å². The molecule has 1 atom stereocenters. The summed E-state index contributed by atoms with van der Waals surface area (Å²) in [5, 5.41) is 7.45. The Morgan fingerprint density at radius 2 is 2.21 bits per heavy atom. The van der Waals surface area contributed by atoms with E-state index in [-0.39, 0.29) is 30.8 Å². The molecule has 1 aromatic rings. The van der Waals surface area contributed by atoms with E-state index in [9.17, 15) is 4.79 Å². The van der Waals surface area contributed by atoms with Crippen LogP contribution in [0.15, 0.2) is 18.2 Å². The number of rotatable bonds is 3. The van der Waals surface area contributed by atoms with Crippen molar-refractivity contribution in [1.82, 2.24) is 10.6 Å². The lowest BCUT2D eigenvalue weighted by molar-refractivity contribution is -0.121. The molecule has 0 aromatic heterocycles. The van der Waals surface area contributed by atoms with Crippen LogP contribution in [0, 0.1) is 0 Å². The summed E-state index contributed by atoms with van der Waals surface area (Å²) in [5.41, 5.74) is 0.769. The fraction of sp³-hybridized carbons (Fsp3) is 0.462. The van der Waals surface area contributed by atoms with E-state index >= 15 is 0 Å². The number of amides is 1. The Balaban J connectivity index is 0.00000180. The molecule has 1 aromatic carbocycles. The van der Waals surface area contributed by atoms with Crippen LogP contribution in [0.3, 0.4) is 0 Å². The molecular weight excluding hydrogens is 307 g/mol. The Morgan fingerprint density at radius 1 is 1.42 bits per heavy atom. The Labute approximate surface area is 129 Å². The lowest BCUT2D eigenvalue weighted by atomic mass is 10.1. The van der Waals surface area contributed by atoms with E-state index in [2.05, 4.69) is 10.6 Å². The first kappa shape index (κ1) is 16.6. The van der Waals surface area contributed by atoms with Gasteiger partial charge in [0.15, 0.2) is 0 Å². The SMILES string of the molecule is Cl.O=C(Cc1cc(Cl)ccc1Cl)N[C@H]1CCCNC1. The largest absolute Gasteiger partial charge is 0.352 e. The molecule has 1 saturated heterocycles. The summed E-state index contributed by atoms with van der Waals surface area (Å²) in [7, 11) is 0. The third-order valence-corrected chi connectivity index (χ3v) is 3.62. The molecule has 1 aliphatic heterocycles. The third-order valence-electron chi connectivity index (χ3n) is 3.02. The van der Waals surface area contributed by atoms with Gasteiger partial charge >= 0.3 is 0 Å². The molecule has 1 aliphatic rings. The van der Waals surface area contributed by atoms with Gasteiger partial charge in [-0.05, 0) is 43.1 Å². The average molecular weight is 324 g/mol. The van der Waals surface area contributed by atoms with Gasteiger partial charge in [0.2, 0.25) is 5.91 Å². The first-order chi connectivity index (χ1) is 8.65. The van der Waals surface area contributed by atoms with Crippen molar-refractivity contribution in [3.63, 3.8) is 0 Å². The maximum absolute atomic E-state index is 11.9. The molecule has 2 rings (SSSR count). The number of benzene rings is 1. The number of nitrogens with one attached hydrogen (secondary N) is 2. The molecule has 0 unspecified atom stereocenters. The first-order valence-electron chi connectivity index (χ1n) is 6.09. The van der Waals surface area contributed by atoms with Gasteiger partial charge in [0.25, 0.3) is 0 Å². The molecule has 1 amide bonds. The highest BCUT2D eigenvalue weighted by atomic mass is 35.5. The molecule has 1 heterocycles. The number of hydrogen-bond acceptors (Lipinski definition) is 2. The highest BCUT2D eigenvalue weighted by Crippen LogP contribution is 2.21. The lowest BCUT2D eigenvalue weighted by Crippen LogP contribution is -2.46. The Morgan fingerprint density at radius 3 is 2.89 bits per heavy atom. The zero-order valence-corrected chi connectivity index (χ0v) is 12.7. The Kier molecular flexibility index (Phi) is 6.94. The predicted octanol–water partition coefficient (Wildman–Crippen LogP) is 2.83. The molecule has 3 nitrogen and oxygen atoms in total. The maximum atomic E-state index is 11.9. The lowest BCUT2D eigenvalue weighted by Gasteiger charge is -2.23. The Hall–Kier alpha value is -0.480. The Bertz CT molecular complexity index is 434. The van der Waals surface area contributed by atoms with Gasteiger partial charge in [-0.3, -0.25) is 4.79 Å². The predicted molar refractivity (Wildman–Crippen MR) is 81.4 cm³/mol. The van der Waals surface area contributed by atoms with Gasteiger partial charge in [-0.1, -0.05) is 23.2 Å². The summed E-state index contributed by atoms with van der Waals surface area (Å²) in [6.45, 7) is 1.88. The number of carbonyl (C=O) groups excluding carboxylic acids is 1. The van der Waals surface area contributed by atoms with Crippen LogP contribution >= 0.6 is 35.6 Å². The standard InChI is InChI=1S/C13H16Cl2N2O.ClH/c14-10-3-4-12(15)9(6-10)7-13(18)17-11-2-1-5-16-8-11;/h3-4,6,11,16H,1-2,5,7-8H2,(H,17,18);1H/t11-;/m0./s1.